The number of aliphatic carboxylic acids is 1. The zero-order chi connectivity index (χ0) is 16.3. The maximum atomic E-state index is 13.2. The van der Waals surface area contributed by atoms with Gasteiger partial charge in [0, 0.05) is 24.5 Å². The van der Waals surface area contributed by atoms with Gasteiger partial charge in [-0.05, 0) is 42.5 Å². The van der Waals surface area contributed by atoms with E-state index in [1.165, 1.54) is 16.4 Å². The Morgan fingerprint density at radius 3 is 2.59 bits per heavy atom. The molecule has 0 aromatic heterocycles. The first-order chi connectivity index (χ1) is 10.3. The quantitative estimate of drug-likeness (QED) is 0.886. The van der Waals surface area contributed by atoms with Crippen molar-refractivity contribution >= 4 is 27.6 Å². The smallest absolute Gasteiger partial charge is 0.303 e. The minimum atomic E-state index is -3.59. The molecule has 1 aliphatic rings. The summed E-state index contributed by atoms with van der Waals surface area (Å²) < 4.78 is 39.3. The third-order valence-corrected chi connectivity index (χ3v) is 5.97. The Bertz CT molecular complexity index is 657. The molecule has 2 rings (SSSR count). The van der Waals surface area contributed by atoms with Crippen LogP contribution in [0.25, 0.3) is 0 Å². The number of halogens is 2. The molecule has 0 aliphatic carbocycles. The standard InChI is InChI=1S/C14H17ClFNO4S/c15-13-2-1-12(16)8-11(13)9-22(20,21)17-5-3-10(4-6-17)7-14(18)19/h1-2,8,10H,3-7,9H2,(H,18,19). The average molecular weight is 350 g/mol. The fourth-order valence-electron chi connectivity index (χ4n) is 2.58. The van der Waals surface area contributed by atoms with Crippen molar-refractivity contribution in [1.82, 2.24) is 4.31 Å². The normalized spacial score (nSPS) is 17.5. The molecule has 0 radical (unpaired) electrons. The van der Waals surface area contributed by atoms with Gasteiger partial charge in [-0.2, -0.15) is 0 Å². The Labute approximate surface area is 133 Å². The first kappa shape index (κ1) is 17.2. The Morgan fingerprint density at radius 2 is 2.00 bits per heavy atom. The van der Waals surface area contributed by atoms with E-state index in [2.05, 4.69) is 0 Å². The van der Waals surface area contributed by atoms with Crippen molar-refractivity contribution in [2.45, 2.75) is 25.0 Å². The topological polar surface area (TPSA) is 74.7 Å². The van der Waals surface area contributed by atoms with Crippen LogP contribution in [0, 0.1) is 11.7 Å². The molecule has 1 heterocycles. The number of nitrogens with zero attached hydrogens (tertiary/aromatic N) is 1. The van der Waals surface area contributed by atoms with Crippen LogP contribution in [0.3, 0.4) is 0 Å². The third kappa shape index (κ3) is 4.41. The molecular weight excluding hydrogens is 333 g/mol. The Balaban J connectivity index is 2.03. The van der Waals surface area contributed by atoms with Gasteiger partial charge in [-0.1, -0.05) is 11.6 Å². The van der Waals surface area contributed by atoms with Crippen molar-refractivity contribution in [2.24, 2.45) is 5.92 Å². The lowest BCUT2D eigenvalue weighted by Crippen LogP contribution is -2.39. The zero-order valence-electron chi connectivity index (χ0n) is 11.8. The molecule has 5 nitrogen and oxygen atoms in total. The highest BCUT2D eigenvalue weighted by molar-refractivity contribution is 7.88. The average Bonchev–Trinajstić information content (AvgIpc) is 2.42. The van der Waals surface area contributed by atoms with Gasteiger partial charge in [0.1, 0.15) is 5.82 Å². The molecule has 1 saturated heterocycles. The summed E-state index contributed by atoms with van der Waals surface area (Å²) in [6, 6.07) is 3.63. The summed E-state index contributed by atoms with van der Waals surface area (Å²) in [5, 5.41) is 8.97. The van der Waals surface area contributed by atoms with E-state index in [-0.39, 0.29) is 41.8 Å². The van der Waals surface area contributed by atoms with Gasteiger partial charge >= 0.3 is 5.97 Å². The van der Waals surface area contributed by atoms with Crippen molar-refractivity contribution in [3.05, 3.63) is 34.6 Å². The molecule has 0 saturated carbocycles. The first-order valence-electron chi connectivity index (χ1n) is 6.91. The molecule has 1 aromatic rings. The number of carboxylic acid groups (broad SMARTS) is 1. The number of carboxylic acids is 1. The molecule has 0 bridgehead atoms. The van der Waals surface area contributed by atoms with E-state index in [0.29, 0.717) is 12.8 Å². The predicted octanol–water partition coefficient (Wildman–Crippen LogP) is 2.50. The summed E-state index contributed by atoms with van der Waals surface area (Å²) in [7, 11) is -3.59. The number of hydrogen-bond donors (Lipinski definition) is 1. The highest BCUT2D eigenvalue weighted by atomic mass is 35.5. The van der Waals surface area contributed by atoms with Crippen LogP contribution < -0.4 is 0 Å². The maximum absolute atomic E-state index is 13.2. The van der Waals surface area contributed by atoms with E-state index in [1.54, 1.807) is 0 Å². The van der Waals surface area contributed by atoms with Crippen LogP contribution in [-0.2, 0) is 20.6 Å². The zero-order valence-corrected chi connectivity index (χ0v) is 13.4. The Morgan fingerprint density at radius 1 is 1.36 bits per heavy atom. The first-order valence-corrected chi connectivity index (χ1v) is 8.90. The molecule has 0 amide bonds. The molecule has 1 aromatic carbocycles. The number of hydrogen-bond acceptors (Lipinski definition) is 3. The maximum Gasteiger partial charge on any atom is 0.303 e. The van der Waals surface area contributed by atoms with Crippen LogP contribution in [0.2, 0.25) is 5.02 Å². The molecule has 0 spiro atoms. The summed E-state index contributed by atoms with van der Waals surface area (Å²) in [5.41, 5.74) is 0.231. The number of piperidine rings is 1. The van der Waals surface area contributed by atoms with Crippen LogP contribution in [0.5, 0.6) is 0 Å². The molecule has 1 fully saturated rings. The van der Waals surface area contributed by atoms with Crippen molar-refractivity contribution in [1.29, 1.82) is 0 Å². The van der Waals surface area contributed by atoms with E-state index < -0.39 is 21.8 Å². The minimum absolute atomic E-state index is 0.00158. The van der Waals surface area contributed by atoms with Crippen molar-refractivity contribution in [3.63, 3.8) is 0 Å². The van der Waals surface area contributed by atoms with Gasteiger partial charge in [-0.3, -0.25) is 4.79 Å². The van der Waals surface area contributed by atoms with Gasteiger partial charge in [0.05, 0.1) is 5.75 Å². The van der Waals surface area contributed by atoms with Crippen LogP contribution in [0.4, 0.5) is 4.39 Å². The molecule has 1 aliphatic heterocycles. The highest BCUT2D eigenvalue weighted by Gasteiger charge is 2.29. The van der Waals surface area contributed by atoms with E-state index in [9.17, 15) is 17.6 Å². The third-order valence-electron chi connectivity index (χ3n) is 3.78. The summed E-state index contributed by atoms with van der Waals surface area (Å²) >= 11 is 5.91. The number of rotatable bonds is 5. The van der Waals surface area contributed by atoms with E-state index >= 15 is 0 Å². The van der Waals surface area contributed by atoms with E-state index in [4.69, 9.17) is 16.7 Å². The molecule has 0 unspecified atom stereocenters. The van der Waals surface area contributed by atoms with Gasteiger partial charge in [0.15, 0.2) is 0 Å². The van der Waals surface area contributed by atoms with E-state index in [1.807, 2.05) is 0 Å². The van der Waals surface area contributed by atoms with Crippen LogP contribution >= 0.6 is 11.6 Å². The molecule has 0 atom stereocenters. The Hall–Kier alpha value is -1.18. The predicted molar refractivity (Wildman–Crippen MR) is 80.6 cm³/mol. The summed E-state index contributed by atoms with van der Waals surface area (Å²) in [6.07, 6.45) is 1.09. The number of sulfonamides is 1. The number of benzene rings is 1. The molecule has 8 heteroatoms. The van der Waals surface area contributed by atoms with Crippen molar-refractivity contribution in [3.8, 4) is 0 Å². The van der Waals surface area contributed by atoms with Gasteiger partial charge in [0.2, 0.25) is 10.0 Å². The fourth-order valence-corrected chi connectivity index (χ4v) is 4.43. The minimum Gasteiger partial charge on any atom is -0.481 e. The van der Waals surface area contributed by atoms with Crippen LogP contribution in [-0.4, -0.2) is 36.9 Å². The monoisotopic (exact) mass is 349 g/mol. The SMILES string of the molecule is O=C(O)CC1CCN(S(=O)(=O)Cc2cc(F)ccc2Cl)CC1. The lowest BCUT2D eigenvalue weighted by molar-refractivity contribution is -0.138. The van der Waals surface area contributed by atoms with Gasteiger partial charge < -0.3 is 5.11 Å². The second-order valence-electron chi connectivity index (χ2n) is 5.43. The summed E-state index contributed by atoms with van der Waals surface area (Å²) in [6.45, 7) is 0.570. The summed E-state index contributed by atoms with van der Waals surface area (Å²) in [5.74, 6) is -1.75. The van der Waals surface area contributed by atoms with Crippen molar-refractivity contribution in [2.75, 3.05) is 13.1 Å². The molecule has 22 heavy (non-hydrogen) atoms. The van der Waals surface area contributed by atoms with Crippen LogP contribution in [0.15, 0.2) is 18.2 Å². The van der Waals surface area contributed by atoms with Gasteiger partial charge in [-0.15, -0.1) is 0 Å². The Kier molecular flexibility index (Phi) is 5.41. The summed E-state index contributed by atoms with van der Waals surface area (Å²) in [4.78, 5) is 10.7. The highest BCUT2D eigenvalue weighted by Crippen LogP contribution is 2.26. The van der Waals surface area contributed by atoms with Gasteiger partial charge in [0.25, 0.3) is 0 Å². The second kappa shape index (κ2) is 6.93. The molecule has 122 valence electrons. The number of carbonyl (C=O) groups is 1. The molecule has 1 N–H and O–H groups in total. The fraction of sp³-hybridized carbons (Fsp3) is 0.500. The van der Waals surface area contributed by atoms with E-state index in [0.717, 1.165) is 6.07 Å². The van der Waals surface area contributed by atoms with Crippen LogP contribution in [0.1, 0.15) is 24.8 Å². The lowest BCUT2D eigenvalue weighted by Gasteiger charge is -2.30. The van der Waals surface area contributed by atoms with Gasteiger partial charge in [-0.25, -0.2) is 17.1 Å². The molecular formula is C14H17ClFNO4S. The largest absolute Gasteiger partial charge is 0.481 e. The lowest BCUT2D eigenvalue weighted by atomic mass is 9.95. The second-order valence-corrected chi connectivity index (χ2v) is 7.81. The van der Waals surface area contributed by atoms with Crippen molar-refractivity contribution < 1.29 is 22.7 Å².